The predicted molar refractivity (Wildman–Crippen MR) is 391 cm³/mol. The van der Waals surface area contributed by atoms with Gasteiger partial charge in [0, 0.05) is 88.9 Å². The molecule has 2 aromatic heterocycles. The van der Waals surface area contributed by atoms with Crippen molar-refractivity contribution in [3.8, 4) is 61.8 Å². The van der Waals surface area contributed by atoms with E-state index in [0.717, 1.165) is 66.7 Å². The first kappa shape index (κ1) is 54.8. The zero-order valence-electron chi connectivity index (χ0n) is 61.5. The summed E-state index contributed by atoms with van der Waals surface area (Å²) in [6.45, 7) is 24.3. The fourth-order valence-electron chi connectivity index (χ4n) is 15.1. The quantitative estimate of drug-likeness (QED) is 0.142. The van der Waals surface area contributed by atoms with Crippen LogP contribution < -0.4 is 14.5 Å². The second kappa shape index (κ2) is 22.6. The molecule has 0 saturated carbocycles. The van der Waals surface area contributed by atoms with Gasteiger partial charge < -0.3 is 19.1 Å². The molecule has 3 heterocycles. The second-order valence-corrected chi connectivity index (χ2v) is 29.3. The predicted octanol–water partition coefficient (Wildman–Crippen LogP) is 23.2. The van der Waals surface area contributed by atoms with Crippen molar-refractivity contribution in [3.63, 3.8) is 0 Å². The molecule has 0 unspecified atom stereocenters. The van der Waals surface area contributed by atoms with Gasteiger partial charge in [0.1, 0.15) is 5.82 Å². The average Bonchev–Trinajstić information content (AvgIpc) is 1.57. The van der Waals surface area contributed by atoms with Crippen LogP contribution in [0.25, 0.3) is 72.1 Å². The molecule has 16 rings (SSSR count). The van der Waals surface area contributed by atoms with Gasteiger partial charge in [-0.15, -0.1) is 48.0 Å². The third-order valence-corrected chi connectivity index (χ3v) is 20.0. The topological polar surface area (TPSA) is 33.5 Å². The van der Waals surface area contributed by atoms with Crippen LogP contribution in [-0.2, 0) is 48.1 Å². The van der Waals surface area contributed by atoms with Gasteiger partial charge in [0.25, 0.3) is 0 Å². The van der Waals surface area contributed by atoms with E-state index in [1.807, 2.05) is 82.9 Å². The van der Waals surface area contributed by atoms with Crippen LogP contribution >= 0.6 is 0 Å². The van der Waals surface area contributed by atoms with Gasteiger partial charge in [0.2, 0.25) is 0 Å². The van der Waals surface area contributed by atoms with Gasteiger partial charge >= 0.3 is 0 Å². The molecule has 472 valence electrons. The van der Waals surface area contributed by atoms with E-state index in [0.29, 0.717) is 16.9 Å². The van der Waals surface area contributed by atoms with E-state index in [9.17, 15) is 4.11 Å². The zero-order chi connectivity index (χ0) is 69.9. The Balaban J connectivity index is 0.00000827. The maximum Gasteiger partial charge on any atom is 0.135 e. The molecule has 6 heteroatoms. The number of rotatable bonds is 8. The summed E-state index contributed by atoms with van der Waals surface area (Å²) in [5.74, 6) is 0.533. The van der Waals surface area contributed by atoms with E-state index >= 15 is 0 Å². The maximum absolute atomic E-state index is 9.78. The van der Waals surface area contributed by atoms with Gasteiger partial charge in [0.15, 0.2) is 0 Å². The Kier molecular flexibility index (Phi) is 13.0. The van der Waals surface area contributed by atoms with Gasteiger partial charge in [0.05, 0.1) is 5.41 Å². The largest absolute Gasteiger partial charge is 0.509 e. The van der Waals surface area contributed by atoms with Crippen LogP contribution in [0.5, 0.6) is 11.5 Å². The van der Waals surface area contributed by atoms with E-state index < -0.39 is 12.3 Å². The van der Waals surface area contributed by atoms with E-state index in [4.69, 9.17) is 13.8 Å². The molecule has 0 amide bonds. The first-order valence-corrected chi connectivity index (χ1v) is 32.7. The van der Waals surface area contributed by atoms with Crippen molar-refractivity contribution in [1.82, 2.24) is 9.55 Å². The minimum absolute atomic E-state index is 0. The number of anilines is 4. The maximum atomic E-state index is 9.78. The number of benzene rings is 11. The van der Waals surface area contributed by atoms with Crippen molar-refractivity contribution in [2.45, 2.75) is 110 Å². The monoisotopic (exact) mass is 1420 g/mol. The molecule has 0 bridgehead atoms. The minimum atomic E-state index is -2.49. The SMILES string of the molecule is [2H]c1c(Oc2[c-]c3c(cc2)c2ccccc2n3-c2cc(C([2H])([2H])[2H])c(-c3cccc(C(C)(C)C)c3)cn2)[c-]c(N2[CH-]N(c3c(-c4cc(C(C)(C)C)cc(C(C)(C)C)c4)cccc3-c3ccc4c(c3)C3(c5ccccc5-4)c4ccccc4C(C)(C)c4ccccc43)c3ccccc32)c([2H])c1[2H].[Pt]. The Labute approximate surface area is 583 Å². The molecule has 1 spiro atoms. The third kappa shape index (κ3) is 9.93. The number of aromatic nitrogens is 2. The van der Waals surface area contributed by atoms with Crippen LogP contribution in [-0.4, -0.2) is 9.55 Å². The molecule has 0 saturated heterocycles. The molecule has 0 radical (unpaired) electrons. The Morgan fingerprint density at radius 2 is 1.05 bits per heavy atom. The summed E-state index contributed by atoms with van der Waals surface area (Å²) in [5, 5.41) is 1.72. The van der Waals surface area contributed by atoms with Gasteiger partial charge in [-0.1, -0.05) is 258 Å². The average molecular weight is 1420 g/mol. The number of hydrogen-bond donors (Lipinski definition) is 0. The van der Waals surface area contributed by atoms with Crippen molar-refractivity contribution < 1.29 is 34.0 Å². The molecule has 95 heavy (non-hydrogen) atoms. The van der Waals surface area contributed by atoms with Crippen LogP contribution in [0, 0.1) is 25.7 Å². The molecule has 13 aromatic rings. The molecule has 1 aliphatic heterocycles. The molecule has 2 aliphatic carbocycles. The van der Waals surface area contributed by atoms with E-state index in [2.05, 4.69) is 233 Å². The van der Waals surface area contributed by atoms with Gasteiger partial charge in [-0.05, 0) is 145 Å². The number of pyridine rings is 1. The van der Waals surface area contributed by atoms with Gasteiger partial charge in [-0.25, -0.2) is 4.98 Å². The summed E-state index contributed by atoms with van der Waals surface area (Å²) in [6, 6.07) is 83.3. The van der Waals surface area contributed by atoms with Crippen LogP contribution in [0.2, 0.25) is 0 Å². The molecule has 5 nitrogen and oxygen atoms in total. The second-order valence-electron chi connectivity index (χ2n) is 29.3. The minimum Gasteiger partial charge on any atom is -0.509 e. The Hall–Kier alpha value is -9.54. The van der Waals surface area contributed by atoms with Crippen molar-refractivity contribution in [3.05, 3.63) is 317 Å². The van der Waals surface area contributed by atoms with Crippen LogP contribution in [0.1, 0.15) is 140 Å². The molecular formula is C89H77N4OPt-3. The van der Waals surface area contributed by atoms with E-state index in [1.54, 1.807) is 18.3 Å². The van der Waals surface area contributed by atoms with Gasteiger partial charge in [-0.2, -0.15) is 12.1 Å². The summed E-state index contributed by atoms with van der Waals surface area (Å²) in [6.07, 6.45) is 1.65. The molecule has 0 atom stereocenters. The third-order valence-electron chi connectivity index (χ3n) is 20.0. The van der Waals surface area contributed by atoms with Crippen molar-refractivity contribution >= 4 is 44.6 Å². The zero-order valence-corrected chi connectivity index (χ0v) is 57.7. The Bertz CT molecular complexity index is 5470. The first-order chi connectivity index (χ1) is 47.6. The number of nitrogens with zero attached hydrogens (tertiary/aromatic N) is 4. The van der Waals surface area contributed by atoms with E-state index in [-0.39, 0.29) is 83.6 Å². The fraction of sp³-hybridized carbons (Fsp3) is 0.191. The number of ether oxygens (including phenoxy) is 1. The number of hydrogen-bond acceptors (Lipinski definition) is 4. The number of aryl methyl sites for hydroxylation is 1. The molecule has 0 N–H and O–H groups in total. The molecule has 11 aromatic carbocycles. The van der Waals surface area contributed by atoms with Gasteiger partial charge in [-0.3, -0.25) is 0 Å². The smallest absolute Gasteiger partial charge is 0.135 e. The normalized spacial score (nSPS) is 15.4. The Morgan fingerprint density at radius 1 is 0.474 bits per heavy atom. The summed E-state index contributed by atoms with van der Waals surface area (Å²) >= 11 is 0. The first-order valence-electron chi connectivity index (χ1n) is 35.7. The summed E-state index contributed by atoms with van der Waals surface area (Å²) < 4.78 is 64.0. The van der Waals surface area contributed by atoms with Crippen molar-refractivity contribution in [2.24, 2.45) is 0 Å². The molecule has 0 fully saturated rings. The molecular weight excluding hydrogens is 1340 g/mol. The van der Waals surface area contributed by atoms with Crippen molar-refractivity contribution in [1.29, 1.82) is 0 Å². The summed E-state index contributed by atoms with van der Waals surface area (Å²) in [5.41, 5.74) is 21.8. The summed E-state index contributed by atoms with van der Waals surface area (Å²) in [4.78, 5) is 9.14. The fourth-order valence-corrected chi connectivity index (χ4v) is 15.1. The van der Waals surface area contributed by atoms with E-state index in [1.165, 1.54) is 55.6 Å². The number of para-hydroxylation sites is 4. The van der Waals surface area contributed by atoms with Crippen LogP contribution in [0.15, 0.2) is 243 Å². The summed E-state index contributed by atoms with van der Waals surface area (Å²) in [7, 11) is 0. The molecule has 3 aliphatic rings. The Morgan fingerprint density at radius 3 is 1.75 bits per heavy atom. The number of fused-ring (bicyclic) bond motifs is 13. The van der Waals surface area contributed by atoms with Crippen LogP contribution in [0.3, 0.4) is 0 Å². The van der Waals surface area contributed by atoms with Crippen LogP contribution in [0.4, 0.5) is 22.7 Å². The van der Waals surface area contributed by atoms with Crippen molar-refractivity contribution in [2.75, 3.05) is 9.80 Å². The standard InChI is InChI=1S/C89H77N4O.Pt/c1-56-46-83(90-54-72(56)57-26-23-27-60(47-57)85(2,3)4)93-79-39-20-14-31-70(79)71-45-43-65(53-82(71)93)94-64-29-24-28-63(52-64)91-55-92(81-41-22-21-40-80(81)91)84-66(32-25-33-67(84)59-48-61(86(5,6)7)51-62(49-59)87(8,9)10)58-42-44-69-68-30-13-15-34-73(68)89(78(69)50-58)76-37-18-16-35-74(76)88(11,12)75-36-17-19-38-77(75)89;/h13-51,54-55H,1-12H3;/q-3;/i1D3,24D,28D,29D;.